The minimum Gasteiger partial charge on any atom is -0.268 e. The summed E-state index contributed by atoms with van der Waals surface area (Å²) in [6.45, 7) is 2.08. The third-order valence-corrected chi connectivity index (χ3v) is 4.96. The van der Waals surface area contributed by atoms with E-state index < -0.39 is 0 Å². The first-order valence-electron chi connectivity index (χ1n) is 7.79. The first kappa shape index (κ1) is 15.6. The van der Waals surface area contributed by atoms with Crippen molar-refractivity contribution >= 4 is 22.7 Å². The summed E-state index contributed by atoms with van der Waals surface area (Å²) in [7, 11) is 0. The van der Waals surface area contributed by atoms with Gasteiger partial charge in [0.2, 0.25) is 5.95 Å². The summed E-state index contributed by atoms with van der Waals surface area (Å²) in [6, 6.07) is 15.5. The molecule has 1 N–H and O–H groups in total. The highest BCUT2D eigenvalue weighted by Gasteiger charge is 2.15. The fraction of sp³-hybridized carbons (Fsp3) is 0.111. The smallest absolute Gasteiger partial charge is 0.268 e. The molecule has 4 aromatic rings. The predicted octanol–water partition coefficient (Wildman–Crippen LogP) is 3.10. The lowest BCUT2D eigenvalue weighted by molar-refractivity contribution is 0.771. The van der Waals surface area contributed by atoms with Gasteiger partial charge in [0.25, 0.3) is 5.56 Å². The second kappa shape index (κ2) is 6.52. The quantitative estimate of drug-likeness (QED) is 0.452. The average molecular weight is 349 g/mol. The van der Waals surface area contributed by atoms with E-state index in [0.29, 0.717) is 27.8 Å². The number of thioether (sulfide) groups is 1. The van der Waals surface area contributed by atoms with E-state index in [9.17, 15) is 4.79 Å². The summed E-state index contributed by atoms with van der Waals surface area (Å²) in [6.07, 6.45) is 1.38. The van der Waals surface area contributed by atoms with E-state index in [2.05, 4.69) is 39.2 Å². The summed E-state index contributed by atoms with van der Waals surface area (Å²) in [5.41, 5.74) is 2.94. The van der Waals surface area contributed by atoms with Gasteiger partial charge in [-0.3, -0.25) is 4.79 Å². The fourth-order valence-electron chi connectivity index (χ4n) is 2.62. The van der Waals surface area contributed by atoms with Gasteiger partial charge in [0.1, 0.15) is 6.33 Å². The molecule has 4 rings (SSSR count). The Kier molecular flexibility index (Phi) is 4.07. The molecule has 0 aliphatic heterocycles. The van der Waals surface area contributed by atoms with Crippen molar-refractivity contribution in [1.82, 2.24) is 24.7 Å². The van der Waals surface area contributed by atoms with Crippen molar-refractivity contribution in [1.29, 1.82) is 0 Å². The third kappa shape index (κ3) is 2.94. The van der Waals surface area contributed by atoms with E-state index in [1.54, 1.807) is 6.07 Å². The molecule has 0 spiro atoms. The standard InChI is InChI=1S/C18H15N5OS/c1-12-6-2-3-7-13(12)10-25-18-21-15-9-5-4-8-14(15)16(24)23(18)17-19-11-20-22-17/h2-9,11H,10H2,1H3,(H,19,20,22). The maximum atomic E-state index is 12.9. The molecule has 0 bridgehead atoms. The highest BCUT2D eigenvalue weighted by atomic mass is 32.2. The van der Waals surface area contributed by atoms with E-state index in [0.717, 1.165) is 0 Å². The van der Waals surface area contributed by atoms with Crippen LogP contribution in [0.15, 0.2) is 64.8 Å². The van der Waals surface area contributed by atoms with Crippen molar-refractivity contribution in [2.75, 3.05) is 0 Å². The Morgan fingerprint density at radius 1 is 1.12 bits per heavy atom. The van der Waals surface area contributed by atoms with E-state index in [1.807, 2.05) is 30.3 Å². The first-order chi connectivity index (χ1) is 12.2. The average Bonchev–Trinajstić information content (AvgIpc) is 3.15. The second-order valence-corrected chi connectivity index (χ2v) is 6.52. The molecule has 0 saturated carbocycles. The molecular weight excluding hydrogens is 334 g/mol. The van der Waals surface area contributed by atoms with Crippen LogP contribution in [-0.4, -0.2) is 24.7 Å². The van der Waals surface area contributed by atoms with E-state index in [4.69, 9.17) is 0 Å². The SMILES string of the molecule is Cc1ccccc1CSc1nc2ccccc2c(=O)n1-c1ncn[nH]1. The minimum absolute atomic E-state index is 0.158. The Morgan fingerprint density at radius 2 is 1.92 bits per heavy atom. The molecule has 0 amide bonds. The van der Waals surface area contributed by atoms with Crippen molar-refractivity contribution in [3.8, 4) is 5.95 Å². The van der Waals surface area contributed by atoms with Gasteiger partial charge in [-0.15, -0.1) is 0 Å². The van der Waals surface area contributed by atoms with Crippen molar-refractivity contribution in [2.45, 2.75) is 17.8 Å². The fourth-order valence-corrected chi connectivity index (χ4v) is 3.69. The van der Waals surface area contributed by atoms with E-state index >= 15 is 0 Å². The molecule has 7 heteroatoms. The summed E-state index contributed by atoms with van der Waals surface area (Å²) in [5, 5.41) is 7.76. The van der Waals surface area contributed by atoms with Crippen molar-refractivity contribution < 1.29 is 0 Å². The zero-order chi connectivity index (χ0) is 17.2. The predicted molar refractivity (Wildman–Crippen MR) is 98.0 cm³/mol. The van der Waals surface area contributed by atoms with Gasteiger partial charge in [-0.05, 0) is 30.2 Å². The topological polar surface area (TPSA) is 76.5 Å². The highest BCUT2D eigenvalue weighted by Crippen LogP contribution is 2.24. The van der Waals surface area contributed by atoms with Gasteiger partial charge in [0.05, 0.1) is 10.9 Å². The maximum Gasteiger partial charge on any atom is 0.269 e. The molecule has 0 atom stereocenters. The van der Waals surface area contributed by atoms with Crippen LogP contribution in [0.1, 0.15) is 11.1 Å². The monoisotopic (exact) mass is 349 g/mol. The van der Waals surface area contributed by atoms with Gasteiger partial charge in [0, 0.05) is 5.75 Å². The van der Waals surface area contributed by atoms with Crippen molar-refractivity contribution in [3.05, 3.63) is 76.3 Å². The Morgan fingerprint density at radius 3 is 2.72 bits per heavy atom. The molecule has 0 unspecified atom stereocenters. The lowest BCUT2D eigenvalue weighted by Gasteiger charge is -2.11. The van der Waals surface area contributed by atoms with Gasteiger partial charge < -0.3 is 0 Å². The summed E-state index contributed by atoms with van der Waals surface area (Å²) in [5.74, 6) is 1.08. The first-order valence-corrected chi connectivity index (χ1v) is 8.77. The van der Waals surface area contributed by atoms with Crippen LogP contribution in [0.4, 0.5) is 0 Å². The van der Waals surface area contributed by atoms with E-state index in [-0.39, 0.29) is 5.56 Å². The zero-order valence-electron chi connectivity index (χ0n) is 13.5. The summed E-state index contributed by atoms with van der Waals surface area (Å²) >= 11 is 1.51. The Balaban J connectivity index is 1.83. The molecule has 0 saturated heterocycles. The molecule has 2 aromatic heterocycles. The van der Waals surface area contributed by atoms with Crippen molar-refractivity contribution in [3.63, 3.8) is 0 Å². The molecule has 0 radical (unpaired) electrons. The van der Waals surface area contributed by atoms with Crippen LogP contribution in [-0.2, 0) is 5.75 Å². The molecule has 0 aliphatic rings. The van der Waals surface area contributed by atoms with Gasteiger partial charge in [-0.25, -0.2) is 14.6 Å². The zero-order valence-corrected chi connectivity index (χ0v) is 14.3. The molecule has 2 heterocycles. The number of hydrogen-bond acceptors (Lipinski definition) is 5. The molecule has 0 aliphatic carbocycles. The highest BCUT2D eigenvalue weighted by molar-refractivity contribution is 7.98. The Bertz CT molecular complexity index is 1090. The molecule has 0 fully saturated rings. The van der Waals surface area contributed by atoms with Gasteiger partial charge >= 0.3 is 0 Å². The lowest BCUT2D eigenvalue weighted by Crippen LogP contribution is -2.22. The largest absolute Gasteiger partial charge is 0.269 e. The molecular formula is C18H15N5OS. The van der Waals surface area contributed by atoms with Crippen molar-refractivity contribution in [2.24, 2.45) is 0 Å². The molecule has 2 aromatic carbocycles. The number of rotatable bonds is 4. The number of para-hydroxylation sites is 1. The van der Waals surface area contributed by atoms with Crippen LogP contribution >= 0.6 is 11.8 Å². The number of nitrogens with zero attached hydrogens (tertiary/aromatic N) is 4. The van der Waals surface area contributed by atoms with Crippen LogP contribution in [0.25, 0.3) is 16.9 Å². The van der Waals surface area contributed by atoms with Crippen LogP contribution in [0.5, 0.6) is 0 Å². The normalized spacial score (nSPS) is 11.1. The molecule has 124 valence electrons. The number of hydrogen-bond donors (Lipinski definition) is 1. The Hall–Kier alpha value is -2.93. The number of aromatic amines is 1. The number of aryl methyl sites for hydroxylation is 1. The van der Waals surface area contributed by atoms with Gasteiger partial charge in [0.15, 0.2) is 5.16 Å². The lowest BCUT2D eigenvalue weighted by atomic mass is 10.1. The van der Waals surface area contributed by atoms with Crippen LogP contribution in [0.3, 0.4) is 0 Å². The van der Waals surface area contributed by atoms with Crippen LogP contribution < -0.4 is 5.56 Å². The number of aromatic nitrogens is 5. The maximum absolute atomic E-state index is 12.9. The summed E-state index contributed by atoms with van der Waals surface area (Å²) < 4.78 is 1.48. The number of benzene rings is 2. The van der Waals surface area contributed by atoms with Crippen LogP contribution in [0, 0.1) is 6.92 Å². The van der Waals surface area contributed by atoms with Gasteiger partial charge in [-0.1, -0.05) is 48.2 Å². The Labute approximate surface area is 148 Å². The number of H-pyrrole nitrogens is 1. The van der Waals surface area contributed by atoms with E-state index in [1.165, 1.54) is 33.8 Å². The minimum atomic E-state index is -0.158. The van der Waals surface area contributed by atoms with Crippen LogP contribution in [0.2, 0.25) is 0 Å². The molecule has 6 nitrogen and oxygen atoms in total. The second-order valence-electron chi connectivity index (χ2n) is 5.58. The number of fused-ring (bicyclic) bond motifs is 1. The molecule has 25 heavy (non-hydrogen) atoms. The number of nitrogens with one attached hydrogen (secondary N) is 1. The van der Waals surface area contributed by atoms with Gasteiger partial charge in [-0.2, -0.15) is 10.1 Å². The summed E-state index contributed by atoms with van der Waals surface area (Å²) in [4.78, 5) is 21.8. The third-order valence-electron chi connectivity index (χ3n) is 3.98.